The fourth-order valence-corrected chi connectivity index (χ4v) is 8.13. The number of rotatable bonds is 13. The summed E-state index contributed by atoms with van der Waals surface area (Å²) in [6.07, 6.45) is 9.02. The minimum atomic E-state index is -0.0712. The van der Waals surface area contributed by atoms with E-state index in [1.54, 1.807) is 0 Å². The lowest BCUT2D eigenvalue weighted by molar-refractivity contribution is -0.0752. The first-order chi connectivity index (χ1) is 24.7. The number of allylic oxidation sites excluding steroid dienone is 1. The number of methoxy groups -OCH3 is 1. The van der Waals surface area contributed by atoms with Crippen LogP contribution < -0.4 is 14.4 Å². The van der Waals surface area contributed by atoms with Crippen molar-refractivity contribution in [2.24, 2.45) is 17.8 Å². The molecular weight excluding hydrogens is 680 g/mol. The summed E-state index contributed by atoms with van der Waals surface area (Å²) in [6, 6.07) is 12.9. The highest BCUT2D eigenvalue weighted by Gasteiger charge is 2.39. The molecule has 51 heavy (non-hydrogen) atoms. The largest absolute Gasteiger partial charge is 0.491 e. The van der Waals surface area contributed by atoms with Crippen LogP contribution in [0.5, 0.6) is 5.75 Å². The maximum absolute atomic E-state index is 12.9. The Bertz CT molecular complexity index is 1430. The number of amides is 1. The summed E-state index contributed by atoms with van der Waals surface area (Å²) in [5.41, 5.74) is 4.26. The number of hydrogen-bond donors (Lipinski definition) is 1. The van der Waals surface area contributed by atoms with Crippen LogP contribution in [-0.4, -0.2) is 107 Å². The monoisotopic (exact) mass is 740 g/mol. The zero-order chi connectivity index (χ0) is 36.3. The van der Waals surface area contributed by atoms with Gasteiger partial charge in [-0.2, -0.15) is 0 Å². The number of fused-ring (bicyclic) bond motifs is 1. The SMILES string of the molecule is CCCc1cc(Cl)ccc1C1COc2ccc(C(=O)NSCC)cc2N(CC2CCC2C(/C=C/C(C)C)OC)C1.CN1CCN(C2COC2)CC1. The number of carbonyl (C=O) groups is 1. The van der Waals surface area contributed by atoms with E-state index in [0.717, 1.165) is 67.4 Å². The molecule has 0 radical (unpaired) electrons. The fourth-order valence-electron chi connectivity index (χ4n) is 7.54. The van der Waals surface area contributed by atoms with E-state index < -0.39 is 0 Å². The van der Waals surface area contributed by atoms with Crippen LogP contribution in [0.2, 0.25) is 5.02 Å². The molecule has 3 aliphatic heterocycles. The van der Waals surface area contributed by atoms with Gasteiger partial charge in [-0.25, -0.2) is 0 Å². The summed E-state index contributed by atoms with van der Waals surface area (Å²) in [6.45, 7) is 17.8. The number of nitrogens with zero attached hydrogens (tertiary/aromatic N) is 3. The molecule has 4 unspecified atom stereocenters. The third-order valence-corrected chi connectivity index (χ3v) is 11.7. The third-order valence-electron chi connectivity index (χ3n) is 10.8. The quantitative estimate of drug-likeness (QED) is 0.167. The van der Waals surface area contributed by atoms with Crippen LogP contribution >= 0.6 is 23.5 Å². The van der Waals surface area contributed by atoms with E-state index in [1.165, 1.54) is 62.1 Å². The highest BCUT2D eigenvalue weighted by molar-refractivity contribution is 7.97. The van der Waals surface area contributed by atoms with Crippen molar-refractivity contribution in [1.29, 1.82) is 0 Å². The van der Waals surface area contributed by atoms with Crippen LogP contribution in [0.15, 0.2) is 48.6 Å². The number of halogens is 1. The van der Waals surface area contributed by atoms with Gasteiger partial charge in [0.1, 0.15) is 5.75 Å². The van der Waals surface area contributed by atoms with Gasteiger partial charge in [-0.3, -0.25) is 14.4 Å². The van der Waals surface area contributed by atoms with E-state index in [-0.39, 0.29) is 17.9 Å². The maximum Gasteiger partial charge on any atom is 0.261 e. The highest BCUT2D eigenvalue weighted by Crippen LogP contribution is 2.43. The zero-order valence-corrected chi connectivity index (χ0v) is 33.3. The van der Waals surface area contributed by atoms with Gasteiger partial charge in [-0.05, 0) is 85.5 Å². The average molecular weight is 741 g/mol. The summed E-state index contributed by atoms with van der Waals surface area (Å²) in [7, 11) is 4.01. The number of hydrogen-bond acceptors (Lipinski definition) is 8. The Kier molecular flexibility index (Phi) is 15.4. The van der Waals surface area contributed by atoms with Crippen LogP contribution in [0, 0.1) is 17.8 Å². The lowest BCUT2D eigenvalue weighted by atomic mass is 9.70. The number of piperazine rings is 1. The molecule has 1 aliphatic carbocycles. The minimum Gasteiger partial charge on any atom is -0.491 e. The van der Waals surface area contributed by atoms with Crippen molar-refractivity contribution in [2.75, 3.05) is 83.9 Å². The van der Waals surface area contributed by atoms with Gasteiger partial charge >= 0.3 is 0 Å². The zero-order valence-electron chi connectivity index (χ0n) is 31.7. The van der Waals surface area contributed by atoms with Crippen molar-refractivity contribution in [2.45, 2.75) is 71.4 Å². The first-order valence-corrected chi connectivity index (χ1v) is 20.5. The van der Waals surface area contributed by atoms with Crippen LogP contribution in [-0.2, 0) is 15.9 Å². The van der Waals surface area contributed by atoms with Crippen LogP contribution in [0.1, 0.15) is 74.4 Å². The number of likely N-dealkylation sites (N-methyl/N-ethyl adjacent to an activating group) is 1. The van der Waals surface area contributed by atoms with Gasteiger partial charge in [0, 0.05) is 68.6 Å². The lowest BCUT2D eigenvalue weighted by Crippen LogP contribution is -2.55. The smallest absolute Gasteiger partial charge is 0.261 e. The fraction of sp³-hybridized carbons (Fsp3) is 0.634. The van der Waals surface area contributed by atoms with Gasteiger partial charge < -0.3 is 24.0 Å². The Morgan fingerprint density at radius 1 is 1.06 bits per heavy atom. The van der Waals surface area contributed by atoms with Gasteiger partial charge in [-0.15, -0.1) is 0 Å². The normalized spacial score (nSPS) is 23.4. The van der Waals surface area contributed by atoms with Crippen molar-refractivity contribution in [1.82, 2.24) is 14.5 Å². The molecule has 0 bridgehead atoms. The van der Waals surface area contributed by atoms with E-state index in [0.29, 0.717) is 29.9 Å². The first kappa shape index (κ1) is 39.9. The standard InChI is InChI=1S/C33H45ClN2O3S.C8H16N2O/c1-6-8-23-17-27(34)12-14-28(23)26-20-36(19-25-10-13-29(25)31(38-5)15-9-22(3)4)30-18-24(33(37)35-40-7-2)11-16-32(30)39-21-26;1-9-2-4-10(5-3-9)8-6-11-7-8/h9,11-12,14-18,22,25-26,29,31H,6-8,10,13,19-21H2,1-5H3,(H,35,37);8H,2-7H2,1H3/b15-9+;. The molecule has 1 N–H and O–H groups in total. The van der Waals surface area contributed by atoms with E-state index in [4.69, 9.17) is 25.8 Å². The van der Waals surface area contributed by atoms with Crippen molar-refractivity contribution >= 4 is 35.1 Å². The lowest BCUT2D eigenvalue weighted by Gasteiger charge is -2.43. The Morgan fingerprint density at radius 2 is 1.84 bits per heavy atom. The van der Waals surface area contributed by atoms with Gasteiger partial charge in [0.25, 0.3) is 5.91 Å². The molecule has 282 valence electrons. The summed E-state index contributed by atoms with van der Waals surface area (Å²) < 4.78 is 20.5. The first-order valence-electron chi connectivity index (χ1n) is 19.1. The Labute approximate surface area is 316 Å². The van der Waals surface area contributed by atoms with Gasteiger partial charge in [-0.1, -0.05) is 75.9 Å². The second kappa shape index (κ2) is 19.7. The molecule has 2 aromatic rings. The molecule has 4 atom stereocenters. The average Bonchev–Trinajstić information content (AvgIpc) is 3.27. The number of aryl methyl sites for hydroxylation is 1. The van der Waals surface area contributed by atoms with E-state index in [9.17, 15) is 4.79 Å². The molecule has 3 fully saturated rings. The van der Waals surface area contributed by atoms with E-state index in [2.05, 4.69) is 71.5 Å². The third kappa shape index (κ3) is 10.9. The molecule has 0 spiro atoms. The molecule has 4 aliphatic rings. The van der Waals surface area contributed by atoms with Gasteiger partial charge in [0.15, 0.2) is 0 Å². The molecule has 0 aromatic heterocycles. The molecule has 2 saturated heterocycles. The van der Waals surface area contributed by atoms with Gasteiger partial charge in [0.05, 0.1) is 37.7 Å². The number of ether oxygens (including phenoxy) is 3. The molecule has 3 heterocycles. The molecule has 1 amide bonds. The van der Waals surface area contributed by atoms with Crippen molar-refractivity contribution in [3.63, 3.8) is 0 Å². The predicted octanol–water partition coefficient (Wildman–Crippen LogP) is 7.56. The Hall–Kier alpha value is -2.27. The van der Waals surface area contributed by atoms with Crippen LogP contribution in [0.3, 0.4) is 0 Å². The second-order valence-corrected chi connectivity index (χ2v) is 16.4. The summed E-state index contributed by atoms with van der Waals surface area (Å²) in [4.78, 5) is 20.3. The topological polar surface area (TPSA) is 66.5 Å². The number of nitrogens with one attached hydrogen (secondary N) is 1. The molecule has 1 saturated carbocycles. The van der Waals surface area contributed by atoms with Crippen LogP contribution in [0.25, 0.3) is 0 Å². The minimum absolute atomic E-state index is 0.0712. The predicted molar refractivity (Wildman–Crippen MR) is 213 cm³/mol. The number of carbonyl (C=O) groups excluding carboxylic acids is 1. The van der Waals surface area contributed by atoms with E-state index in [1.807, 2.05) is 38.3 Å². The van der Waals surface area contributed by atoms with Gasteiger partial charge in [0.2, 0.25) is 0 Å². The summed E-state index contributed by atoms with van der Waals surface area (Å²) >= 11 is 7.83. The Morgan fingerprint density at radius 3 is 2.47 bits per heavy atom. The van der Waals surface area contributed by atoms with Crippen LogP contribution in [0.4, 0.5) is 5.69 Å². The summed E-state index contributed by atoms with van der Waals surface area (Å²) in [5.74, 6) is 3.26. The van der Waals surface area contributed by atoms with Crippen molar-refractivity contribution in [3.8, 4) is 5.75 Å². The van der Waals surface area contributed by atoms with Crippen molar-refractivity contribution < 1.29 is 19.0 Å². The maximum atomic E-state index is 12.9. The highest BCUT2D eigenvalue weighted by atomic mass is 35.5. The number of benzene rings is 2. The molecular formula is C41H61ClN4O4S. The molecule has 2 aromatic carbocycles. The molecule has 10 heteroatoms. The molecule has 8 nitrogen and oxygen atoms in total. The van der Waals surface area contributed by atoms with E-state index >= 15 is 0 Å². The number of anilines is 1. The second-order valence-electron chi connectivity index (χ2n) is 14.9. The molecule has 6 rings (SSSR count). The van der Waals surface area contributed by atoms with Crippen molar-refractivity contribution in [3.05, 3.63) is 70.3 Å². The Balaban J connectivity index is 0.000000386. The summed E-state index contributed by atoms with van der Waals surface area (Å²) in [5, 5.41) is 0.778.